The van der Waals surface area contributed by atoms with E-state index in [0.717, 1.165) is 18.4 Å². The molecular formula is C17H27O5P. The van der Waals surface area contributed by atoms with E-state index >= 15 is 0 Å². The van der Waals surface area contributed by atoms with Crippen LogP contribution in [0, 0.1) is 0 Å². The Hall–Kier alpha value is -1.16. The molecule has 0 aromatic heterocycles. The molecule has 23 heavy (non-hydrogen) atoms. The minimum atomic E-state index is -3.39. The molecule has 0 aliphatic rings. The molecule has 5 nitrogen and oxygen atoms in total. The molecule has 0 fully saturated rings. The topological polar surface area (TPSA) is 72.8 Å². The summed E-state index contributed by atoms with van der Waals surface area (Å²) < 4.78 is 23.5. The van der Waals surface area contributed by atoms with Crippen molar-refractivity contribution in [2.75, 3.05) is 12.8 Å². The van der Waals surface area contributed by atoms with Crippen LogP contribution in [-0.4, -0.2) is 29.9 Å². The van der Waals surface area contributed by atoms with Crippen LogP contribution >= 0.6 is 7.60 Å². The molecule has 1 aromatic rings. The number of benzene rings is 1. The van der Waals surface area contributed by atoms with E-state index in [0.29, 0.717) is 19.3 Å². The summed E-state index contributed by atoms with van der Waals surface area (Å²) in [6.07, 6.45) is 2.47. The number of aryl methyl sites for hydroxylation is 1. The zero-order valence-corrected chi connectivity index (χ0v) is 14.8. The van der Waals surface area contributed by atoms with Gasteiger partial charge in [-0.15, -0.1) is 0 Å². The molecule has 0 bridgehead atoms. The number of carbonyl (C=O) groups is 1. The Balaban J connectivity index is 2.61. The van der Waals surface area contributed by atoms with Crippen molar-refractivity contribution in [1.82, 2.24) is 0 Å². The lowest BCUT2D eigenvalue weighted by Crippen LogP contribution is -2.24. The molecule has 1 aromatic carbocycles. The molecule has 0 radical (unpaired) electrons. The van der Waals surface area contributed by atoms with E-state index in [1.54, 1.807) is 6.92 Å². The van der Waals surface area contributed by atoms with E-state index in [1.807, 2.05) is 37.3 Å². The first kappa shape index (κ1) is 19.9. The minimum absolute atomic E-state index is 0.228. The first-order valence-corrected chi connectivity index (χ1v) is 9.92. The van der Waals surface area contributed by atoms with Crippen LogP contribution in [0.5, 0.6) is 0 Å². The van der Waals surface area contributed by atoms with Crippen molar-refractivity contribution in [2.24, 2.45) is 0 Å². The summed E-state index contributed by atoms with van der Waals surface area (Å²) in [6, 6.07) is 9.88. The Morgan fingerprint density at radius 2 is 1.91 bits per heavy atom. The fourth-order valence-corrected chi connectivity index (χ4v) is 4.09. The van der Waals surface area contributed by atoms with Gasteiger partial charge in [-0.3, -0.25) is 9.09 Å². The highest BCUT2D eigenvalue weighted by atomic mass is 31.2. The number of rotatable bonds is 12. The SMILES string of the molecule is CCCC[C@H](O[P@@](=O)(CCCc1ccccc1)OCC)C(=O)O. The number of unbranched alkanes of at least 4 members (excludes halogenated alkanes) is 1. The standard InChI is InChI=1S/C17H27O5P/c1-3-5-13-16(17(18)19)22-23(20,21-4-2)14-9-12-15-10-7-6-8-11-15/h6-8,10-11,16H,3-5,9,12-14H2,1-2H3,(H,18,19)/t16-,23+/m0/s1. The molecule has 130 valence electrons. The number of carboxylic acids is 1. The van der Waals surface area contributed by atoms with E-state index in [9.17, 15) is 14.5 Å². The predicted molar refractivity (Wildman–Crippen MR) is 90.9 cm³/mol. The van der Waals surface area contributed by atoms with Gasteiger partial charge in [0.2, 0.25) is 0 Å². The van der Waals surface area contributed by atoms with Crippen LogP contribution in [0.25, 0.3) is 0 Å². The number of hydrogen-bond acceptors (Lipinski definition) is 4. The maximum Gasteiger partial charge on any atom is 0.333 e. The molecule has 1 rings (SSSR count). The van der Waals surface area contributed by atoms with Crippen molar-refractivity contribution in [1.29, 1.82) is 0 Å². The molecule has 0 saturated carbocycles. The van der Waals surface area contributed by atoms with Gasteiger partial charge in [0.25, 0.3) is 0 Å². The Bertz CT molecular complexity index is 503. The van der Waals surface area contributed by atoms with Gasteiger partial charge in [-0.2, -0.15) is 0 Å². The maximum atomic E-state index is 12.8. The van der Waals surface area contributed by atoms with Crippen LogP contribution in [0.2, 0.25) is 0 Å². The zero-order valence-electron chi connectivity index (χ0n) is 13.9. The summed E-state index contributed by atoms with van der Waals surface area (Å²) in [5.74, 6) is -1.08. The van der Waals surface area contributed by atoms with Crippen LogP contribution in [0.1, 0.15) is 45.1 Å². The van der Waals surface area contributed by atoms with Gasteiger partial charge in [-0.05, 0) is 31.7 Å². The molecule has 0 aliphatic heterocycles. The summed E-state index contributed by atoms with van der Waals surface area (Å²) in [7, 11) is -3.39. The van der Waals surface area contributed by atoms with Crippen LogP contribution in [-0.2, 0) is 24.8 Å². The second-order valence-corrected chi connectivity index (χ2v) is 7.55. The lowest BCUT2D eigenvalue weighted by Gasteiger charge is -2.22. The average molecular weight is 342 g/mol. The Labute approximate surface area is 138 Å². The maximum absolute atomic E-state index is 12.8. The van der Waals surface area contributed by atoms with Gasteiger partial charge in [0, 0.05) is 0 Å². The molecule has 0 spiro atoms. The lowest BCUT2D eigenvalue weighted by atomic mass is 10.1. The van der Waals surface area contributed by atoms with Gasteiger partial charge in [0.05, 0.1) is 12.8 Å². The van der Waals surface area contributed by atoms with Crippen LogP contribution in [0.4, 0.5) is 0 Å². The van der Waals surface area contributed by atoms with E-state index in [-0.39, 0.29) is 12.8 Å². The monoisotopic (exact) mass is 342 g/mol. The normalized spacial score (nSPS) is 15.0. The first-order valence-electron chi connectivity index (χ1n) is 8.19. The lowest BCUT2D eigenvalue weighted by molar-refractivity contribution is -0.145. The van der Waals surface area contributed by atoms with Crippen LogP contribution in [0.15, 0.2) is 30.3 Å². The van der Waals surface area contributed by atoms with Crippen LogP contribution in [0.3, 0.4) is 0 Å². The summed E-state index contributed by atoms with van der Waals surface area (Å²) in [5, 5.41) is 9.23. The van der Waals surface area contributed by atoms with Crippen molar-refractivity contribution in [2.45, 2.75) is 52.1 Å². The number of aliphatic carboxylic acids is 1. The molecule has 0 amide bonds. The summed E-state index contributed by atoms with van der Waals surface area (Å²) in [5.41, 5.74) is 1.15. The van der Waals surface area contributed by atoms with Crippen molar-refractivity contribution in [3.8, 4) is 0 Å². The Morgan fingerprint density at radius 3 is 2.48 bits per heavy atom. The van der Waals surface area contributed by atoms with E-state index in [1.165, 1.54) is 0 Å². The molecule has 0 saturated heterocycles. The highest BCUT2D eigenvalue weighted by molar-refractivity contribution is 7.53. The summed E-state index contributed by atoms with van der Waals surface area (Å²) in [6.45, 7) is 3.94. The van der Waals surface area contributed by atoms with Crippen molar-refractivity contribution in [3.05, 3.63) is 35.9 Å². The molecule has 0 aliphatic carbocycles. The summed E-state index contributed by atoms with van der Waals surface area (Å²) >= 11 is 0. The smallest absolute Gasteiger partial charge is 0.333 e. The van der Waals surface area contributed by atoms with Crippen molar-refractivity contribution < 1.29 is 23.5 Å². The molecule has 0 heterocycles. The van der Waals surface area contributed by atoms with Gasteiger partial charge in [-0.1, -0.05) is 50.1 Å². The fourth-order valence-electron chi connectivity index (χ4n) is 2.27. The number of carboxylic acid groups (broad SMARTS) is 1. The molecule has 0 unspecified atom stereocenters. The predicted octanol–water partition coefficient (Wildman–Crippen LogP) is 4.51. The highest BCUT2D eigenvalue weighted by Gasteiger charge is 2.31. The average Bonchev–Trinajstić information content (AvgIpc) is 2.52. The summed E-state index contributed by atoms with van der Waals surface area (Å²) in [4.78, 5) is 11.3. The second-order valence-electron chi connectivity index (χ2n) is 5.42. The third kappa shape index (κ3) is 7.78. The Kier molecular flexibility index (Phi) is 9.15. The third-order valence-electron chi connectivity index (χ3n) is 3.45. The first-order chi connectivity index (χ1) is 11.0. The minimum Gasteiger partial charge on any atom is -0.479 e. The molecule has 2 atom stereocenters. The van der Waals surface area contributed by atoms with Gasteiger partial charge in [-0.25, -0.2) is 4.79 Å². The number of hydrogen-bond donors (Lipinski definition) is 1. The quantitative estimate of drug-likeness (QED) is 0.566. The van der Waals surface area contributed by atoms with Gasteiger partial charge in [0.15, 0.2) is 6.10 Å². The largest absolute Gasteiger partial charge is 0.479 e. The van der Waals surface area contributed by atoms with E-state index in [2.05, 4.69) is 0 Å². The highest BCUT2D eigenvalue weighted by Crippen LogP contribution is 2.50. The van der Waals surface area contributed by atoms with Gasteiger partial charge in [0.1, 0.15) is 0 Å². The fraction of sp³-hybridized carbons (Fsp3) is 0.588. The van der Waals surface area contributed by atoms with E-state index in [4.69, 9.17) is 9.05 Å². The molecule has 1 N–H and O–H groups in total. The third-order valence-corrected chi connectivity index (χ3v) is 5.54. The Morgan fingerprint density at radius 1 is 1.22 bits per heavy atom. The van der Waals surface area contributed by atoms with E-state index < -0.39 is 19.7 Å². The van der Waals surface area contributed by atoms with Gasteiger partial charge >= 0.3 is 13.6 Å². The molecular weight excluding hydrogens is 315 g/mol. The van der Waals surface area contributed by atoms with Gasteiger partial charge < -0.3 is 9.63 Å². The second kappa shape index (κ2) is 10.6. The van der Waals surface area contributed by atoms with Crippen molar-refractivity contribution >= 4 is 13.6 Å². The van der Waals surface area contributed by atoms with Crippen molar-refractivity contribution in [3.63, 3.8) is 0 Å². The zero-order chi connectivity index (χ0) is 17.1. The molecule has 6 heteroatoms. The van der Waals surface area contributed by atoms with Crippen LogP contribution < -0.4 is 0 Å².